The fraction of sp³-hybridized carbons (Fsp3) is 0. The van der Waals surface area contributed by atoms with Crippen LogP contribution in [-0.4, -0.2) is 22.1 Å². The Morgan fingerprint density at radius 3 is 2.32 bits per heavy atom. The van der Waals surface area contributed by atoms with Gasteiger partial charge < -0.3 is 14.8 Å². The lowest BCUT2D eigenvalue weighted by molar-refractivity contribution is 0.0697. The van der Waals surface area contributed by atoms with E-state index in [4.69, 9.17) is 16.6 Å². The first-order chi connectivity index (χ1) is 13.3. The van der Waals surface area contributed by atoms with Crippen molar-refractivity contribution in [1.29, 1.82) is 0 Å². The number of carbonyl (C=O) groups excluding carboxylic acids is 1. The molecule has 0 saturated carbocycles. The minimum absolute atomic E-state index is 0.0153. The van der Waals surface area contributed by atoms with Gasteiger partial charge in [0.2, 0.25) is 0 Å². The van der Waals surface area contributed by atoms with E-state index >= 15 is 0 Å². The molecule has 0 saturated heterocycles. The predicted molar refractivity (Wildman–Crippen MR) is 117 cm³/mol. The van der Waals surface area contributed by atoms with Crippen LogP contribution < -0.4 is 10.6 Å². The van der Waals surface area contributed by atoms with Crippen molar-refractivity contribution in [3.8, 4) is 11.3 Å². The van der Waals surface area contributed by atoms with Gasteiger partial charge in [0.1, 0.15) is 5.76 Å². The third-order valence-electron chi connectivity index (χ3n) is 3.65. The monoisotopic (exact) mass is 522 g/mol. The maximum atomic E-state index is 12.4. The van der Waals surface area contributed by atoms with Crippen LogP contribution in [0.25, 0.3) is 11.3 Å². The molecule has 0 fully saturated rings. The van der Waals surface area contributed by atoms with Gasteiger partial charge in [0.05, 0.1) is 11.3 Å². The molecule has 0 bridgehead atoms. The standard InChI is InChI=1S/C19H12Br2N2O4S/c20-11-3-1-10(2-4-11)15-7-8-16(27-15)17(24)23-19(28)22-14-6-5-12(21)9-13(14)18(25)26/h1-9H,(H,25,26)(H2,22,23,24,28). The van der Waals surface area contributed by atoms with Crippen LogP contribution in [0.1, 0.15) is 20.9 Å². The molecule has 1 amide bonds. The number of nitrogens with one attached hydrogen (secondary N) is 2. The molecule has 3 aromatic rings. The molecule has 0 atom stereocenters. The van der Waals surface area contributed by atoms with Crippen LogP contribution in [0.15, 0.2) is 68.0 Å². The summed E-state index contributed by atoms with van der Waals surface area (Å²) in [6.45, 7) is 0. The number of benzene rings is 2. The number of carboxylic acids is 1. The summed E-state index contributed by atoms with van der Waals surface area (Å²) in [6.07, 6.45) is 0. The topological polar surface area (TPSA) is 91.6 Å². The molecule has 0 aliphatic carbocycles. The Morgan fingerprint density at radius 2 is 1.64 bits per heavy atom. The summed E-state index contributed by atoms with van der Waals surface area (Å²) in [5, 5.41) is 14.4. The van der Waals surface area contributed by atoms with Crippen molar-refractivity contribution in [2.45, 2.75) is 0 Å². The average Bonchev–Trinajstić information content (AvgIpc) is 3.14. The highest BCUT2D eigenvalue weighted by Crippen LogP contribution is 2.24. The second-order valence-electron chi connectivity index (χ2n) is 5.57. The first-order valence-corrected chi connectivity index (χ1v) is 9.84. The highest BCUT2D eigenvalue weighted by atomic mass is 79.9. The molecule has 0 unspecified atom stereocenters. The van der Waals surface area contributed by atoms with Crippen LogP contribution in [0, 0.1) is 0 Å². The van der Waals surface area contributed by atoms with E-state index in [1.54, 1.807) is 18.2 Å². The number of hydrogen-bond donors (Lipinski definition) is 3. The number of halogens is 2. The Morgan fingerprint density at radius 1 is 0.964 bits per heavy atom. The van der Waals surface area contributed by atoms with Gasteiger partial charge in [-0.25, -0.2) is 4.79 Å². The maximum absolute atomic E-state index is 12.4. The second-order valence-corrected chi connectivity index (χ2v) is 7.81. The number of thiocarbonyl (C=S) groups is 1. The molecule has 2 aromatic carbocycles. The number of hydrogen-bond acceptors (Lipinski definition) is 4. The molecule has 0 radical (unpaired) electrons. The summed E-state index contributed by atoms with van der Waals surface area (Å²) >= 11 is 11.7. The average molecular weight is 524 g/mol. The van der Waals surface area contributed by atoms with Gasteiger partial charge in [0.15, 0.2) is 10.9 Å². The summed E-state index contributed by atoms with van der Waals surface area (Å²) in [5.74, 6) is -1.05. The third-order valence-corrected chi connectivity index (χ3v) is 4.87. The molecule has 142 valence electrons. The largest absolute Gasteiger partial charge is 0.478 e. The summed E-state index contributed by atoms with van der Waals surface area (Å²) in [4.78, 5) is 23.7. The second kappa shape index (κ2) is 8.68. The van der Waals surface area contributed by atoms with E-state index in [9.17, 15) is 14.7 Å². The zero-order valence-electron chi connectivity index (χ0n) is 14.0. The molecule has 1 aromatic heterocycles. The van der Waals surface area contributed by atoms with Crippen LogP contribution >= 0.6 is 44.1 Å². The minimum Gasteiger partial charge on any atom is -0.478 e. The Bertz CT molecular complexity index is 1060. The summed E-state index contributed by atoms with van der Waals surface area (Å²) < 4.78 is 7.13. The van der Waals surface area contributed by atoms with Crippen molar-refractivity contribution in [1.82, 2.24) is 5.32 Å². The van der Waals surface area contributed by atoms with Crippen LogP contribution in [0.5, 0.6) is 0 Å². The van der Waals surface area contributed by atoms with E-state index in [-0.39, 0.29) is 22.1 Å². The van der Waals surface area contributed by atoms with Gasteiger partial charge in [-0.2, -0.15) is 0 Å². The van der Waals surface area contributed by atoms with Gasteiger partial charge >= 0.3 is 5.97 Å². The first kappa shape index (κ1) is 20.2. The summed E-state index contributed by atoms with van der Waals surface area (Å²) in [7, 11) is 0. The smallest absolute Gasteiger partial charge is 0.337 e. The van der Waals surface area contributed by atoms with Gasteiger partial charge in [-0.1, -0.05) is 44.0 Å². The zero-order valence-corrected chi connectivity index (χ0v) is 18.0. The van der Waals surface area contributed by atoms with E-state index in [1.807, 2.05) is 24.3 Å². The fourth-order valence-corrected chi connectivity index (χ4v) is 3.18. The molecular weight excluding hydrogens is 512 g/mol. The molecule has 3 rings (SSSR count). The van der Waals surface area contributed by atoms with Crippen molar-refractivity contribution in [2.75, 3.05) is 5.32 Å². The number of carboxylic acid groups (broad SMARTS) is 1. The van der Waals surface area contributed by atoms with E-state index < -0.39 is 11.9 Å². The highest BCUT2D eigenvalue weighted by molar-refractivity contribution is 9.10. The molecule has 0 aliphatic heterocycles. The normalized spacial score (nSPS) is 10.4. The Hall–Kier alpha value is -2.49. The van der Waals surface area contributed by atoms with Crippen LogP contribution in [0.4, 0.5) is 5.69 Å². The van der Waals surface area contributed by atoms with Crippen molar-refractivity contribution < 1.29 is 19.1 Å². The van der Waals surface area contributed by atoms with Crippen LogP contribution in [0.3, 0.4) is 0 Å². The number of rotatable bonds is 4. The Labute approximate surface area is 182 Å². The summed E-state index contributed by atoms with van der Waals surface area (Å²) in [6, 6.07) is 15.3. The number of amides is 1. The predicted octanol–water partition coefficient (Wildman–Crippen LogP) is 5.30. The van der Waals surface area contributed by atoms with Crippen LogP contribution in [-0.2, 0) is 0 Å². The summed E-state index contributed by atoms with van der Waals surface area (Å²) in [5.41, 5.74) is 1.10. The van der Waals surface area contributed by atoms with E-state index in [0.29, 0.717) is 10.2 Å². The lowest BCUT2D eigenvalue weighted by Gasteiger charge is -2.11. The minimum atomic E-state index is -1.12. The van der Waals surface area contributed by atoms with E-state index in [1.165, 1.54) is 12.1 Å². The molecule has 1 heterocycles. The fourth-order valence-electron chi connectivity index (χ4n) is 2.35. The Kier molecular flexibility index (Phi) is 6.28. The number of anilines is 1. The van der Waals surface area contributed by atoms with Gasteiger partial charge in [0, 0.05) is 14.5 Å². The van der Waals surface area contributed by atoms with Crippen molar-refractivity contribution in [3.05, 3.63) is 74.9 Å². The number of furan rings is 1. The lowest BCUT2D eigenvalue weighted by Crippen LogP contribution is -2.34. The third kappa shape index (κ3) is 4.86. The van der Waals surface area contributed by atoms with Gasteiger partial charge in [-0.05, 0) is 54.7 Å². The van der Waals surface area contributed by atoms with Gasteiger partial charge in [-0.3, -0.25) is 10.1 Å². The van der Waals surface area contributed by atoms with Crippen molar-refractivity contribution >= 4 is 66.8 Å². The Balaban J connectivity index is 1.69. The molecule has 6 nitrogen and oxygen atoms in total. The number of carbonyl (C=O) groups is 2. The molecular formula is C19H12Br2N2O4S. The molecule has 28 heavy (non-hydrogen) atoms. The first-order valence-electron chi connectivity index (χ1n) is 7.84. The lowest BCUT2D eigenvalue weighted by atomic mass is 10.2. The van der Waals surface area contributed by atoms with E-state index in [0.717, 1.165) is 10.0 Å². The van der Waals surface area contributed by atoms with Crippen molar-refractivity contribution in [2.24, 2.45) is 0 Å². The SMILES string of the molecule is O=C(NC(=S)Nc1ccc(Br)cc1C(=O)O)c1ccc(-c2ccc(Br)cc2)o1. The van der Waals surface area contributed by atoms with Crippen molar-refractivity contribution in [3.63, 3.8) is 0 Å². The van der Waals surface area contributed by atoms with Crippen LogP contribution in [0.2, 0.25) is 0 Å². The zero-order chi connectivity index (χ0) is 20.3. The van der Waals surface area contributed by atoms with E-state index in [2.05, 4.69) is 42.5 Å². The maximum Gasteiger partial charge on any atom is 0.337 e. The molecule has 0 spiro atoms. The van der Waals surface area contributed by atoms with Gasteiger partial charge in [0.25, 0.3) is 5.91 Å². The van der Waals surface area contributed by atoms with Gasteiger partial charge in [-0.15, -0.1) is 0 Å². The number of aromatic carboxylic acids is 1. The molecule has 0 aliphatic rings. The molecule has 9 heteroatoms. The highest BCUT2D eigenvalue weighted by Gasteiger charge is 2.16. The molecule has 3 N–H and O–H groups in total. The quantitative estimate of drug-likeness (QED) is 0.402.